The monoisotopic (exact) mass is 246 g/mol. The first-order valence-corrected chi connectivity index (χ1v) is 5.65. The van der Waals surface area contributed by atoms with Gasteiger partial charge in [0.1, 0.15) is 5.82 Å². The van der Waals surface area contributed by atoms with Gasteiger partial charge >= 0.3 is 0 Å². The van der Waals surface area contributed by atoms with E-state index in [-0.39, 0.29) is 5.82 Å². The zero-order valence-electron chi connectivity index (χ0n) is 10.4. The quantitative estimate of drug-likeness (QED) is 0.897. The Kier molecular flexibility index (Phi) is 3.84. The minimum Gasteiger partial charge on any atom is -0.328 e. The van der Waals surface area contributed by atoms with E-state index in [2.05, 4.69) is 15.3 Å². The number of rotatable bonds is 4. The SMILES string of the molecule is CNCc1cncc(N(C)c2cccc(F)c2)n1. The highest BCUT2D eigenvalue weighted by Gasteiger charge is 2.07. The van der Waals surface area contributed by atoms with E-state index in [0.29, 0.717) is 12.4 Å². The number of benzene rings is 1. The molecule has 1 aromatic heterocycles. The summed E-state index contributed by atoms with van der Waals surface area (Å²) in [7, 11) is 3.69. The Morgan fingerprint density at radius 2 is 2.17 bits per heavy atom. The lowest BCUT2D eigenvalue weighted by atomic mass is 10.3. The van der Waals surface area contributed by atoms with Crippen molar-refractivity contribution in [2.75, 3.05) is 19.0 Å². The third kappa shape index (κ3) is 2.81. The van der Waals surface area contributed by atoms with E-state index in [0.717, 1.165) is 11.4 Å². The molecule has 0 aliphatic carbocycles. The van der Waals surface area contributed by atoms with Gasteiger partial charge < -0.3 is 10.2 Å². The maximum atomic E-state index is 13.2. The van der Waals surface area contributed by atoms with Crippen molar-refractivity contribution in [3.8, 4) is 0 Å². The topological polar surface area (TPSA) is 41.1 Å². The molecule has 1 aromatic carbocycles. The van der Waals surface area contributed by atoms with Crippen LogP contribution in [0.4, 0.5) is 15.9 Å². The first-order chi connectivity index (χ1) is 8.70. The van der Waals surface area contributed by atoms with E-state index < -0.39 is 0 Å². The first kappa shape index (κ1) is 12.4. The molecule has 4 nitrogen and oxygen atoms in total. The molecule has 0 unspecified atom stereocenters. The van der Waals surface area contributed by atoms with Crippen LogP contribution in [0.1, 0.15) is 5.69 Å². The third-order valence-electron chi connectivity index (χ3n) is 2.57. The summed E-state index contributed by atoms with van der Waals surface area (Å²) in [6.07, 6.45) is 3.36. The van der Waals surface area contributed by atoms with Crippen LogP contribution in [0, 0.1) is 5.82 Å². The lowest BCUT2D eigenvalue weighted by molar-refractivity contribution is 0.628. The maximum Gasteiger partial charge on any atom is 0.151 e. The summed E-state index contributed by atoms with van der Waals surface area (Å²) in [5, 5.41) is 3.02. The zero-order valence-corrected chi connectivity index (χ0v) is 10.4. The molecule has 0 atom stereocenters. The van der Waals surface area contributed by atoms with E-state index in [1.54, 1.807) is 23.4 Å². The molecule has 0 bridgehead atoms. The molecule has 2 aromatic rings. The van der Waals surface area contributed by atoms with Gasteiger partial charge in [0.25, 0.3) is 0 Å². The number of anilines is 2. The van der Waals surface area contributed by atoms with Crippen LogP contribution in [0.3, 0.4) is 0 Å². The lowest BCUT2D eigenvalue weighted by Crippen LogP contribution is -2.14. The zero-order chi connectivity index (χ0) is 13.0. The molecule has 0 radical (unpaired) electrons. The van der Waals surface area contributed by atoms with Crippen LogP contribution in [0.25, 0.3) is 0 Å². The maximum absolute atomic E-state index is 13.2. The summed E-state index contributed by atoms with van der Waals surface area (Å²) in [6, 6.07) is 6.38. The second-order valence-electron chi connectivity index (χ2n) is 3.94. The Morgan fingerprint density at radius 3 is 2.89 bits per heavy atom. The molecular weight excluding hydrogens is 231 g/mol. The summed E-state index contributed by atoms with van der Waals surface area (Å²) < 4.78 is 13.2. The molecule has 0 aliphatic rings. The van der Waals surface area contributed by atoms with Crippen LogP contribution < -0.4 is 10.2 Å². The summed E-state index contributed by atoms with van der Waals surface area (Å²) in [6.45, 7) is 0.651. The highest BCUT2D eigenvalue weighted by molar-refractivity contribution is 5.58. The molecule has 0 saturated heterocycles. The number of aromatic nitrogens is 2. The van der Waals surface area contributed by atoms with Gasteiger partial charge in [0, 0.05) is 25.5 Å². The standard InChI is InChI=1S/C13H15FN4/c1-15-7-11-8-16-9-13(17-11)18(2)12-5-3-4-10(14)6-12/h3-6,8-9,15H,7H2,1-2H3. The van der Waals surface area contributed by atoms with Crippen molar-refractivity contribution in [2.24, 2.45) is 0 Å². The van der Waals surface area contributed by atoms with Crippen LogP contribution >= 0.6 is 0 Å². The number of nitrogens with one attached hydrogen (secondary N) is 1. The van der Waals surface area contributed by atoms with Gasteiger partial charge in [0.2, 0.25) is 0 Å². The van der Waals surface area contributed by atoms with Gasteiger partial charge in [-0.25, -0.2) is 9.37 Å². The molecule has 0 saturated carbocycles. The number of nitrogens with zero attached hydrogens (tertiary/aromatic N) is 3. The Balaban J connectivity index is 2.27. The minimum atomic E-state index is -0.265. The van der Waals surface area contributed by atoms with Crippen molar-refractivity contribution in [1.82, 2.24) is 15.3 Å². The van der Waals surface area contributed by atoms with E-state index in [4.69, 9.17) is 0 Å². The van der Waals surface area contributed by atoms with Crippen molar-refractivity contribution in [3.05, 3.63) is 48.2 Å². The summed E-state index contributed by atoms with van der Waals surface area (Å²) in [4.78, 5) is 10.4. The smallest absolute Gasteiger partial charge is 0.151 e. The van der Waals surface area contributed by atoms with Crippen LogP contribution in [0.15, 0.2) is 36.7 Å². The molecule has 1 N–H and O–H groups in total. The fourth-order valence-corrected chi connectivity index (χ4v) is 1.64. The lowest BCUT2D eigenvalue weighted by Gasteiger charge is -2.18. The normalized spacial score (nSPS) is 10.4. The molecule has 0 spiro atoms. The Bertz CT molecular complexity index is 530. The molecular formula is C13H15FN4. The first-order valence-electron chi connectivity index (χ1n) is 5.65. The molecule has 94 valence electrons. The number of hydrogen-bond donors (Lipinski definition) is 1. The Morgan fingerprint density at radius 1 is 1.33 bits per heavy atom. The molecule has 2 rings (SSSR count). The number of hydrogen-bond acceptors (Lipinski definition) is 4. The average Bonchev–Trinajstić information content (AvgIpc) is 2.39. The van der Waals surface area contributed by atoms with Gasteiger partial charge in [-0.15, -0.1) is 0 Å². The van der Waals surface area contributed by atoms with Gasteiger partial charge in [-0.3, -0.25) is 4.98 Å². The van der Waals surface area contributed by atoms with Gasteiger partial charge in [0.15, 0.2) is 5.82 Å². The van der Waals surface area contributed by atoms with Crippen LogP contribution in [0.2, 0.25) is 0 Å². The third-order valence-corrected chi connectivity index (χ3v) is 2.57. The largest absolute Gasteiger partial charge is 0.328 e. The second-order valence-corrected chi connectivity index (χ2v) is 3.94. The molecule has 0 aliphatic heterocycles. The molecule has 1 heterocycles. The van der Waals surface area contributed by atoms with Crippen molar-refractivity contribution < 1.29 is 4.39 Å². The number of halogens is 1. The summed E-state index contributed by atoms with van der Waals surface area (Å²) in [5.41, 5.74) is 1.59. The van der Waals surface area contributed by atoms with Crippen LogP contribution in [-0.2, 0) is 6.54 Å². The fourth-order valence-electron chi connectivity index (χ4n) is 1.64. The van der Waals surface area contributed by atoms with E-state index in [9.17, 15) is 4.39 Å². The predicted molar refractivity (Wildman–Crippen MR) is 69.3 cm³/mol. The Labute approximate surface area is 105 Å². The van der Waals surface area contributed by atoms with Crippen molar-refractivity contribution in [2.45, 2.75) is 6.54 Å². The minimum absolute atomic E-state index is 0.265. The molecule has 0 fully saturated rings. The van der Waals surface area contributed by atoms with Gasteiger partial charge in [-0.05, 0) is 25.2 Å². The average molecular weight is 246 g/mol. The molecule has 0 amide bonds. The Hall–Kier alpha value is -2.01. The van der Waals surface area contributed by atoms with E-state index in [1.807, 2.05) is 20.2 Å². The molecule has 18 heavy (non-hydrogen) atoms. The molecule has 5 heteroatoms. The van der Waals surface area contributed by atoms with E-state index >= 15 is 0 Å². The van der Waals surface area contributed by atoms with Gasteiger partial charge in [-0.2, -0.15) is 0 Å². The van der Waals surface area contributed by atoms with Crippen molar-refractivity contribution in [1.29, 1.82) is 0 Å². The fraction of sp³-hybridized carbons (Fsp3) is 0.231. The summed E-state index contributed by atoms with van der Waals surface area (Å²) >= 11 is 0. The highest BCUT2D eigenvalue weighted by atomic mass is 19.1. The van der Waals surface area contributed by atoms with Gasteiger partial charge in [0.05, 0.1) is 11.9 Å². The van der Waals surface area contributed by atoms with Crippen molar-refractivity contribution in [3.63, 3.8) is 0 Å². The van der Waals surface area contributed by atoms with E-state index in [1.165, 1.54) is 12.1 Å². The predicted octanol–water partition coefficient (Wildman–Crippen LogP) is 2.10. The highest BCUT2D eigenvalue weighted by Crippen LogP contribution is 2.21. The van der Waals surface area contributed by atoms with Crippen LogP contribution in [0.5, 0.6) is 0 Å². The van der Waals surface area contributed by atoms with Crippen LogP contribution in [-0.4, -0.2) is 24.1 Å². The van der Waals surface area contributed by atoms with Gasteiger partial charge in [-0.1, -0.05) is 6.07 Å². The van der Waals surface area contributed by atoms with Crippen molar-refractivity contribution >= 4 is 11.5 Å². The second kappa shape index (κ2) is 5.55. The summed E-state index contributed by atoms with van der Waals surface area (Å²) in [5.74, 6) is 0.423.